The number of ether oxygens (including phenoxy) is 3. The monoisotopic (exact) mass is 654 g/mol. The van der Waals surface area contributed by atoms with Gasteiger partial charge in [0.2, 0.25) is 0 Å². The highest BCUT2D eigenvalue weighted by molar-refractivity contribution is 5.20. The fourth-order valence-electron chi connectivity index (χ4n) is 12.7. The van der Waals surface area contributed by atoms with E-state index in [0.29, 0.717) is 18.3 Å². The highest BCUT2D eigenvalue weighted by Crippen LogP contribution is 2.76. The number of hydrogen-bond acceptors (Lipinski definition) is 10. The first-order chi connectivity index (χ1) is 21.3. The number of fused-ring (bicyclic) bond motifs is 5. The maximum absolute atomic E-state index is 12.2. The average molecular weight is 655 g/mol. The highest BCUT2D eigenvalue weighted by Gasteiger charge is 2.72. The molecule has 0 spiro atoms. The van der Waals surface area contributed by atoms with Crippen molar-refractivity contribution < 1.29 is 50.0 Å². The molecule has 2 heterocycles. The van der Waals surface area contributed by atoms with Crippen LogP contribution in [-0.2, 0) is 14.2 Å². The van der Waals surface area contributed by atoms with Crippen LogP contribution in [0.2, 0.25) is 0 Å². The van der Waals surface area contributed by atoms with Gasteiger partial charge in [-0.25, -0.2) is 0 Å². The SMILES string of the molecule is CC(O)(CO)[C@H]1CC[C@@](C)([C@H]2CC[C@]3(C)[C@@H]2[C@H](O)C[C@@H]2[C@@]4(C)CC[C@H](O[C@@H]5O[C@H](CO)[C@@H](O)[C@H](O)[C@H]5O)C(C)(C)[C@@H]4CC[C@]23C)O1. The largest absolute Gasteiger partial charge is 0.394 e. The number of aliphatic hydroxyl groups is 7. The highest BCUT2D eigenvalue weighted by atomic mass is 16.7. The van der Waals surface area contributed by atoms with E-state index in [1.54, 1.807) is 6.92 Å². The molecule has 0 aromatic carbocycles. The van der Waals surface area contributed by atoms with Gasteiger partial charge in [0.05, 0.1) is 37.1 Å². The van der Waals surface area contributed by atoms with Crippen LogP contribution in [0.15, 0.2) is 0 Å². The summed E-state index contributed by atoms with van der Waals surface area (Å²) >= 11 is 0. The van der Waals surface area contributed by atoms with Crippen molar-refractivity contribution in [1.29, 1.82) is 0 Å². The lowest BCUT2D eigenvalue weighted by Crippen LogP contribution is -2.67. The molecule has 6 rings (SSSR count). The van der Waals surface area contributed by atoms with Crippen LogP contribution in [0.4, 0.5) is 0 Å². The van der Waals surface area contributed by atoms with Gasteiger partial charge >= 0.3 is 0 Å². The van der Waals surface area contributed by atoms with Crippen molar-refractivity contribution in [1.82, 2.24) is 0 Å². The Balaban J connectivity index is 1.23. The van der Waals surface area contributed by atoms with Gasteiger partial charge in [-0.15, -0.1) is 0 Å². The molecule has 1 unspecified atom stereocenters. The molecule has 0 aromatic heterocycles. The van der Waals surface area contributed by atoms with Gasteiger partial charge in [-0.2, -0.15) is 0 Å². The first-order valence-electron chi connectivity index (χ1n) is 18.0. The summed E-state index contributed by atoms with van der Waals surface area (Å²) in [5.41, 5.74) is -2.14. The summed E-state index contributed by atoms with van der Waals surface area (Å²) in [6.07, 6.45) is 0.333. The van der Waals surface area contributed by atoms with E-state index in [0.717, 1.165) is 51.4 Å². The van der Waals surface area contributed by atoms with Crippen molar-refractivity contribution in [3.05, 3.63) is 0 Å². The van der Waals surface area contributed by atoms with Crippen molar-refractivity contribution in [3.63, 3.8) is 0 Å². The number of hydrogen-bond donors (Lipinski definition) is 7. The lowest BCUT2D eigenvalue weighted by molar-refractivity contribution is -0.332. The smallest absolute Gasteiger partial charge is 0.186 e. The Morgan fingerprint density at radius 1 is 0.783 bits per heavy atom. The third kappa shape index (κ3) is 4.94. The van der Waals surface area contributed by atoms with Crippen LogP contribution < -0.4 is 0 Å². The van der Waals surface area contributed by atoms with Crippen LogP contribution in [0.3, 0.4) is 0 Å². The van der Waals surface area contributed by atoms with Crippen molar-refractivity contribution in [3.8, 4) is 0 Å². The molecule has 2 aliphatic heterocycles. The minimum atomic E-state index is -1.47. The van der Waals surface area contributed by atoms with Gasteiger partial charge < -0.3 is 50.0 Å². The maximum Gasteiger partial charge on any atom is 0.186 e. The average Bonchev–Trinajstić information content (AvgIpc) is 3.59. The zero-order valence-electron chi connectivity index (χ0n) is 29.1. The van der Waals surface area contributed by atoms with Gasteiger partial charge in [-0.05, 0) is 117 Å². The topological polar surface area (TPSA) is 169 Å². The molecule has 17 atom stereocenters. The van der Waals surface area contributed by atoms with Crippen molar-refractivity contribution in [2.45, 2.75) is 166 Å². The molecule has 46 heavy (non-hydrogen) atoms. The second-order valence-corrected chi connectivity index (χ2v) is 18.1. The van der Waals surface area contributed by atoms with E-state index in [2.05, 4.69) is 41.5 Å². The second-order valence-electron chi connectivity index (χ2n) is 18.1. The van der Waals surface area contributed by atoms with Gasteiger partial charge in [-0.1, -0.05) is 34.6 Å². The van der Waals surface area contributed by atoms with Gasteiger partial charge in [0.25, 0.3) is 0 Å². The van der Waals surface area contributed by atoms with Crippen molar-refractivity contribution in [2.75, 3.05) is 13.2 Å². The zero-order chi connectivity index (χ0) is 33.8. The summed E-state index contributed by atoms with van der Waals surface area (Å²) < 4.78 is 18.8. The van der Waals surface area contributed by atoms with E-state index >= 15 is 0 Å². The lowest BCUT2D eigenvalue weighted by Gasteiger charge is -2.70. The van der Waals surface area contributed by atoms with Crippen LogP contribution in [0.25, 0.3) is 0 Å². The van der Waals surface area contributed by atoms with Gasteiger partial charge in [0.15, 0.2) is 6.29 Å². The molecule has 6 fully saturated rings. The molecule has 7 N–H and O–H groups in total. The van der Waals surface area contributed by atoms with E-state index in [4.69, 9.17) is 14.2 Å². The Hall–Kier alpha value is -0.400. The van der Waals surface area contributed by atoms with E-state index in [1.807, 2.05) is 0 Å². The van der Waals surface area contributed by atoms with Crippen LogP contribution in [-0.4, -0.2) is 109 Å². The first-order valence-corrected chi connectivity index (χ1v) is 18.0. The Bertz CT molecular complexity index is 1130. The summed E-state index contributed by atoms with van der Waals surface area (Å²) in [4.78, 5) is 0. The van der Waals surface area contributed by atoms with Crippen LogP contribution in [0, 0.1) is 45.3 Å². The molecule has 2 saturated heterocycles. The number of aliphatic hydroxyl groups excluding tert-OH is 6. The van der Waals surface area contributed by atoms with E-state index in [1.165, 1.54) is 0 Å². The van der Waals surface area contributed by atoms with Crippen molar-refractivity contribution >= 4 is 0 Å². The summed E-state index contributed by atoms with van der Waals surface area (Å²) in [5.74, 6) is 0.870. The normalized spacial score (nSPS) is 56.5. The Kier molecular flexibility index (Phi) is 8.91. The quantitative estimate of drug-likeness (QED) is 0.211. The van der Waals surface area contributed by atoms with E-state index < -0.39 is 60.7 Å². The van der Waals surface area contributed by atoms with Gasteiger partial charge in [0.1, 0.15) is 30.0 Å². The Morgan fingerprint density at radius 2 is 1.46 bits per heavy atom. The third-order valence-electron chi connectivity index (χ3n) is 15.6. The molecule has 0 bridgehead atoms. The maximum atomic E-state index is 12.2. The van der Waals surface area contributed by atoms with E-state index in [-0.39, 0.29) is 46.2 Å². The molecular formula is C36H62O10. The summed E-state index contributed by atoms with van der Waals surface area (Å²) in [7, 11) is 0. The molecule has 0 aromatic rings. The van der Waals surface area contributed by atoms with Crippen molar-refractivity contribution in [2.24, 2.45) is 45.3 Å². The van der Waals surface area contributed by atoms with Crippen LogP contribution >= 0.6 is 0 Å². The molecule has 0 radical (unpaired) electrons. The molecule has 4 saturated carbocycles. The minimum absolute atomic E-state index is 0.0168. The summed E-state index contributed by atoms with van der Waals surface area (Å²) in [6.45, 7) is 14.8. The van der Waals surface area contributed by atoms with Crippen LogP contribution in [0.1, 0.15) is 106 Å². The standard InChI is InChI=1S/C36H62O10/c1-31(2)22-9-14-33(4)23(32(22,3)12-10-24(31)45-30-29(42)28(41)27(40)21(17-37)44-30)16-20(39)26-19(8-13-34(26,33)5)36(7)15-11-25(46-36)35(6,43)18-38/h19-30,37-43H,8-18H2,1-7H3/t19-,20+,21+,22-,23+,24-,25+,26-,27+,28-,29+,30-,32-,33+,34+,35?,36-/m0/s1. The molecule has 4 aliphatic carbocycles. The molecule has 0 amide bonds. The second kappa shape index (κ2) is 11.6. The molecule has 10 nitrogen and oxygen atoms in total. The van der Waals surface area contributed by atoms with E-state index in [9.17, 15) is 35.7 Å². The molecular weight excluding hydrogens is 592 g/mol. The predicted octanol–water partition coefficient (Wildman–Crippen LogP) is 2.51. The Labute approximate surface area is 274 Å². The summed E-state index contributed by atoms with van der Waals surface area (Å²) in [6, 6.07) is 0. The third-order valence-corrected chi connectivity index (χ3v) is 15.6. The fourth-order valence-corrected chi connectivity index (χ4v) is 12.7. The fraction of sp³-hybridized carbons (Fsp3) is 1.00. The molecule has 266 valence electrons. The summed E-state index contributed by atoms with van der Waals surface area (Å²) in [5, 5.41) is 73.8. The number of rotatable bonds is 6. The van der Waals surface area contributed by atoms with Gasteiger partial charge in [0, 0.05) is 0 Å². The lowest BCUT2D eigenvalue weighted by atomic mass is 9.35. The van der Waals surface area contributed by atoms with Gasteiger partial charge in [-0.3, -0.25) is 0 Å². The zero-order valence-corrected chi connectivity index (χ0v) is 29.1. The van der Waals surface area contributed by atoms with Crippen LogP contribution in [0.5, 0.6) is 0 Å². The minimum Gasteiger partial charge on any atom is -0.394 e. The molecule has 10 heteroatoms. The first kappa shape index (κ1) is 35.4. The molecule has 6 aliphatic rings. The predicted molar refractivity (Wildman–Crippen MR) is 169 cm³/mol. The Morgan fingerprint density at radius 3 is 2.11 bits per heavy atom.